The van der Waals surface area contributed by atoms with Gasteiger partial charge < -0.3 is 9.47 Å². The van der Waals surface area contributed by atoms with Gasteiger partial charge in [-0.1, -0.05) is 6.92 Å². The Morgan fingerprint density at radius 3 is 2.62 bits per heavy atom. The van der Waals surface area contributed by atoms with Gasteiger partial charge in [0.05, 0.1) is 25.5 Å². The van der Waals surface area contributed by atoms with E-state index >= 15 is 0 Å². The van der Waals surface area contributed by atoms with Crippen LogP contribution in [0.15, 0.2) is 18.2 Å². The van der Waals surface area contributed by atoms with Gasteiger partial charge in [0.1, 0.15) is 11.5 Å². The van der Waals surface area contributed by atoms with E-state index in [9.17, 15) is 4.79 Å². The van der Waals surface area contributed by atoms with E-state index in [1.807, 2.05) is 6.92 Å². The maximum Gasteiger partial charge on any atom is 0.176 e. The Bertz CT molecular complexity index is 363. The SMILES string of the molecule is CCSCC(=O)c1cc(OC)ccc1OC. The van der Waals surface area contributed by atoms with Crippen LogP contribution in [0, 0.1) is 0 Å². The average Bonchev–Trinajstić information content (AvgIpc) is 2.35. The molecule has 0 N–H and O–H groups in total. The number of Topliss-reactive ketones (excluding diaryl/α,β-unsaturated/α-hetero) is 1. The number of carbonyl (C=O) groups is 1. The van der Waals surface area contributed by atoms with Gasteiger partial charge in [-0.05, 0) is 24.0 Å². The third-order valence-electron chi connectivity index (χ3n) is 2.14. The number of carbonyl (C=O) groups excluding carboxylic acids is 1. The molecular weight excluding hydrogens is 224 g/mol. The summed E-state index contributed by atoms with van der Waals surface area (Å²) in [7, 11) is 3.14. The predicted octanol–water partition coefficient (Wildman–Crippen LogP) is 2.64. The molecule has 4 heteroatoms. The van der Waals surface area contributed by atoms with Crippen LogP contribution in [0.1, 0.15) is 17.3 Å². The molecule has 0 heterocycles. The standard InChI is InChI=1S/C12H16O3S/c1-4-16-8-11(13)10-7-9(14-2)5-6-12(10)15-3/h5-7H,4,8H2,1-3H3. The van der Waals surface area contributed by atoms with E-state index in [4.69, 9.17) is 9.47 Å². The number of hydrogen-bond acceptors (Lipinski definition) is 4. The number of thioether (sulfide) groups is 1. The van der Waals surface area contributed by atoms with Crippen LogP contribution >= 0.6 is 11.8 Å². The maximum atomic E-state index is 11.9. The zero-order valence-corrected chi connectivity index (χ0v) is 10.6. The second-order valence-electron chi connectivity index (χ2n) is 3.13. The summed E-state index contributed by atoms with van der Waals surface area (Å²) in [4.78, 5) is 11.9. The van der Waals surface area contributed by atoms with Crippen molar-refractivity contribution in [1.82, 2.24) is 0 Å². The highest BCUT2D eigenvalue weighted by Gasteiger charge is 2.13. The lowest BCUT2D eigenvalue weighted by molar-refractivity contribution is 0.101. The molecule has 0 aliphatic rings. The summed E-state index contributed by atoms with van der Waals surface area (Å²) in [5.74, 6) is 2.74. The summed E-state index contributed by atoms with van der Waals surface area (Å²) in [5.41, 5.74) is 0.586. The summed E-state index contributed by atoms with van der Waals surface area (Å²) in [6.07, 6.45) is 0. The van der Waals surface area contributed by atoms with Crippen LogP contribution in [0.4, 0.5) is 0 Å². The molecule has 0 unspecified atom stereocenters. The van der Waals surface area contributed by atoms with E-state index in [2.05, 4.69) is 0 Å². The zero-order valence-electron chi connectivity index (χ0n) is 9.78. The van der Waals surface area contributed by atoms with Crippen molar-refractivity contribution >= 4 is 17.5 Å². The Labute approximate surface area is 100 Å². The summed E-state index contributed by atoms with van der Waals surface area (Å²) in [5, 5.41) is 0. The van der Waals surface area contributed by atoms with E-state index in [0.717, 1.165) is 5.75 Å². The average molecular weight is 240 g/mol. The van der Waals surface area contributed by atoms with Crippen molar-refractivity contribution in [2.75, 3.05) is 25.7 Å². The predicted molar refractivity (Wildman–Crippen MR) is 66.9 cm³/mol. The lowest BCUT2D eigenvalue weighted by Gasteiger charge is -2.09. The van der Waals surface area contributed by atoms with Crippen LogP contribution in [-0.2, 0) is 0 Å². The van der Waals surface area contributed by atoms with Gasteiger partial charge >= 0.3 is 0 Å². The second kappa shape index (κ2) is 6.43. The smallest absolute Gasteiger partial charge is 0.176 e. The molecule has 0 radical (unpaired) electrons. The molecular formula is C12H16O3S. The Kier molecular flexibility index (Phi) is 5.19. The van der Waals surface area contributed by atoms with Crippen LogP contribution in [0.25, 0.3) is 0 Å². The normalized spacial score (nSPS) is 9.94. The first-order valence-electron chi connectivity index (χ1n) is 5.05. The first-order valence-corrected chi connectivity index (χ1v) is 6.21. The second-order valence-corrected chi connectivity index (χ2v) is 4.40. The molecule has 0 atom stereocenters. The highest BCUT2D eigenvalue weighted by Crippen LogP contribution is 2.25. The van der Waals surface area contributed by atoms with Gasteiger partial charge in [0.2, 0.25) is 0 Å². The fourth-order valence-corrected chi connectivity index (χ4v) is 1.85. The van der Waals surface area contributed by atoms with Gasteiger partial charge in [0.25, 0.3) is 0 Å². The number of methoxy groups -OCH3 is 2. The van der Waals surface area contributed by atoms with Crippen LogP contribution in [-0.4, -0.2) is 31.5 Å². The molecule has 0 aromatic heterocycles. The van der Waals surface area contributed by atoms with E-state index in [1.165, 1.54) is 0 Å². The fraction of sp³-hybridized carbons (Fsp3) is 0.417. The van der Waals surface area contributed by atoms with Gasteiger partial charge in [-0.3, -0.25) is 4.79 Å². The summed E-state index contributed by atoms with van der Waals surface area (Å²) >= 11 is 1.60. The van der Waals surface area contributed by atoms with Crippen molar-refractivity contribution in [3.05, 3.63) is 23.8 Å². The number of benzene rings is 1. The molecule has 0 bridgehead atoms. The van der Waals surface area contributed by atoms with Gasteiger partial charge in [0.15, 0.2) is 5.78 Å². The molecule has 0 saturated carbocycles. The van der Waals surface area contributed by atoms with Crippen molar-refractivity contribution < 1.29 is 14.3 Å². The quantitative estimate of drug-likeness (QED) is 0.716. The number of ether oxygens (including phenoxy) is 2. The summed E-state index contributed by atoms with van der Waals surface area (Å²) in [6, 6.07) is 5.25. The van der Waals surface area contributed by atoms with Gasteiger partial charge in [-0.25, -0.2) is 0 Å². The van der Waals surface area contributed by atoms with Crippen molar-refractivity contribution in [1.29, 1.82) is 0 Å². The van der Waals surface area contributed by atoms with Crippen molar-refractivity contribution in [3.63, 3.8) is 0 Å². The number of rotatable bonds is 6. The molecule has 3 nitrogen and oxygen atoms in total. The molecule has 1 rings (SSSR count). The minimum absolute atomic E-state index is 0.0719. The molecule has 0 spiro atoms. The highest BCUT2D eigenvalue weighted by atomic mass is 32.2. The third kappa shape index (κ3) is 3.17. The van der Waals surface area contributed by atoms with E-state index < -0.39 is 0 Å². The highest BCUT2D eigenvalue weighted by molar-refractivity contribution is 7.99. The monoisotopic (exact) mass is 240 g/mol. The molecule has 0 aliphatic carbocycles. The molecule has 1 aromatic carbocycles. The Morgan fingerprint density at radius 1 is 1.31 bits per heavy atom. The molecule has 88 valence electrons. The Balaban J connectivity index is 2.94. The van der Waals surface area contributed by atoms with E-state index in [1.54, 1.807) is 44.2 Å². The lowest BCUT2D eigenvalue weighted by Crippen LogP contribution is -2.05. The van der Waals surface area contributed by atoms with Gasteiger partial charge in [-0.2, -0.15) is 11.8 Å². The Morgan fingerprint density at radius 2 is 2.06 bits per heavy atom. The topological polar surface area (TPSA) is 35.5 Å². The molecule has 0 amide bonds. The van der Waals surface area contributed by atoms with Crippen molar-refractivity contribution in [3.8, 4) is 11.5 Å². The van der Waals surface area contributed by atoms with Crippen LogP contribution in [0.2, 0.25) is 0 Å². The molecule has 1 aromatic rings. The summed E-state index contributed by atoms with van der Waals surface area (Å²) < 4.78 is 10.3. The van der Waals surface area contributed by atoms with Crippen molar-refractivity contribution in [2.45, 2.75) is 6.92 Å². The lowest BCUT2D eigenvalue weighted by atomic mass is 10.1. The van der Waals surface area contributed by atoms with E-state index in [0.29, 0.717) is 22.8 Å². The minimum Gasteiger partial charge on any atom is -0.497 e. The number of ketones is 1. The first-order chi connectivity index (χ1) is 7.72. The largest absolute Gasteiger partial charge is 0.497 e. The zero-order chi connectivity index (χ0) is 12.0. The van der Waals surface area contributed by atoms with E-state index in [-0.39, 0.29) is 5.78 Å². The maximum absolute atomic E-state index is 11.9. The van der Waals surface area contributed by atoms with Crippen LogP contribution < -0.4 is 9.47 Å². The third-order valence-corrected chi connectivity index (χ3v) is 3.02. The van der Waals surface area contributed by atoms with Gasteiger partial charge in [0, 0.05) is 0 Å². The van der Waals surface area contributed by atoms with Gasteiger partial charge in [-0.15, -0.1) is 0 Å². The number of hydrogen-bond donors (Lipinski definition) is 0. The van der Waals surface area contributed by atoms with Crippen LogP contribution in [0.3, 0.4) is 0 Å². The fourth-order valence-electron chi connectivity index (χ4n) is 1.30. The summed E-state index contributed by atoms with van der Waals surface area (Å²) in [6.45, 7) is 2.03. The molecule has 0 saturated heterocycles. The Hall–Kier alpha value is -1.16. The minimum atomic E-state index is 0.0719. The molecule has 0 fully saturated rings. The van der Waals surface area contributed by atoms with Crippen LogP contribution in [0.5, 0.6) is 11.5 Å². The molecule has 16 heavy (non-hydrogen) atoms. The van der Waals surface area contributed by atoms with Crippen molar-refractivity contribution in [2.24, 2.45) is 0 Å². The molecule has 0 aliphatic heterocycles. The first kappa shape index (κ1) is 12.9.